The topological polar surface area (TPSA) is 109 Å². The van der Waals surface area contributed by atoms with Crippen LogP contribution in [-0.4, -0.2) is 59.3 Å². The van der Waals surface area contributed by atoms with Crippen molar-refractivity contribution in [1.29, 1.82) is 0 Å². The number of nitrogens with one attached hydrogen (secondary N) is 1. The molecule has 1 fully saturated rings. The molecule has 10 heteroatoms. The number of anilines is 2. The molecule has 1 atom stereocenters. The summed E-state index contributed by atoms with van der Waals surface area (Å²) in [6, 6.07) is 6.24. The maximum atomic E-state index is 13.2. The van der Waals surface area contributed by atoms with E-state index in [9.17, 15) is 19.2 Å². The highest BCUT2D eigenvalue weighted by molar-refractivity contribution is 7.14. The summed E-state index contributed by atoms with van der Waals surface area (Å²) in [5.74, 6) is -1.50. The van der Waals surface area contributed by atoms with E-state index in [1.54, 1.807) is 36.1 Å². The molecule has 4 rings (SSSR count). The van der Waals surface area contributed by atoms with Gasteiger partial charge in [-0.05, 0) is 31.9 Å². The van der Waals surface area contributed by atoms with E-state index in [4.69, 9.17) is 4.74 Å². The SMILES string of the molecule is CCOC(=O)c1csc(NC(=O)CN2C(=O)[C@@H]3CCCN3C(=O)c3ccccc32)n1. The second-order valence-electron chi connectivity index (χ2n) is 6.90. The zero-order chi connectivity index (χ0) is 21.3. The highest BCUT2D eigenvalue weighted by atomic mass is 32.1. The maximum absolute atomic E-state index is 13.2. The predicted octanol–water partition coefficient (Wildman–Crippen LogP) is 1.91. The average Bonchev–Trinajstić information content (AvgIpc) is 3.39. The Kier molecular flexibility index (Phi) is 5.49. The number of amides is 3. The van der Waals surface area contributed by atoms with Gasteiger partial charge in [0.25, 0.3) is 5.91 Å². The van der Waals surface area contributed by atoms with E-state index in [-0.39, 0.29) is 35.8 Å². The minimum absolute atomic E-state index is 0.112. The zero-order valence-corrected chi connectivity index (χ0v) is 17.1. The van der Waals surface area contributed by atoms with Gasteiger partial charge in [0, 0.05) is 11.9 Å². The Balaban J connectivity index is 1.55. The van der Waals surface area contributed by atoms with Crippen molar-refractivity contribution in [1.82, 2.24) is 9.88 Å². The van der Waals surface area contributed by atoms with Gasteiger partial charge in [-0.1, -0.05) is 12.1 Å². The number of fused-ring (bicyclic) bond motifs is 2. The zero-order valence-electron chi connectivity index (χ0n) is 16.3. The van der Waals surface area contributed by atoms with Crippen LogP contribution in [0.15, 0.2) is 29.6 Å². The normalized spacial score (nSPS) is 18.0. The first kappa shape index (κ1) is 20.0. The number of nitrogens with zero attached hydrogens (tertiary/aromatic N) is 3. The number of hydrogen-bond acceptors (Lipinski definition) is 7. The highest BCUT2D eigenvalue weighted by Crippen LogP contribution is 2.32. The molecule has 0 saturated carbocycles. The number of thiazole rings is 1. The van der Waals surface area contributed by atoms with Crippen molar-refractivity contribution in [2.24, 2.45) is 0 Å². The van der Waals surface area contributed by atoms with Crippen LogP contribution >= 0.6 is 11.3 Å². The maximum Gasteiger partial charge on any atom is 0.357 e. The number of ether oxygens (including phenoxy) is 1. The van der Waals surface area contributed by atoms with Crippen LogP contribution in [0.3, 0.4) is 0 Å². The summed E-state index contributed by atoms with van der Waals surface area (Å²) >= 11 is 1.09. The summed E-state index contributed by atoms with van der Waals surface area (Å²) < 4.78 is 4.89. The van der Waals surface area contributed by atoms with Crippen LogP contribution in [0.5, 0.6) is 0 Å². The molecule has 3 heterocycles. The van der Waals surface area contributed by atoms with Crippen LogP contribution in [-0.2, 0) is 14.3 Å². The Morgan fingerprint density at radius 2 is 2.10 bits per heavy atom. The molecule has 1 N–H and O–H groups in total. The molecule has 156 valence electrons. The fourth-order valence-electron chi connectivity index (χ4n) is 3.71. The summed E-state index contributed by atoms with van der Waals surface area (Å²) in [5, 5.41) is 4.35. The van der Waals surface area contributed by atoms with Gasteiger partial charge in [0.1, 0.15) is 12.6 Å². The van der Waals surface area contributed by atoms with Gasteiger partial charge in [0.05, 0.1) is 17.9 Å². The molecular weight excluding hydrogens is 408 g/mol. The van der Waals surface area contributed by atoms with Crippen LogP contribution < -0.4 is 10.2 Å². The monoisotopic (exact) mass is 428 g/mol. The molecule has 1 saturated heterocycles. The minimum Gasteiger partial charge on any atom is -0.461 e. The van der Waals surface area contributed by atoms with Crippen LogP contribution in [0.2, 0.25) is 0 Å². The third-order valence-corrected chi connectivity index (χ3v) is 5.78. The molecular formula is C20H20N4O5S. The van der Waals surface area contributed by atoms with E-state index in [0.717, 1.165) is 17.8 Å². The molecule has 9 nitrogen and oxygen atoms in total. The Hall–Kier alpha value is -3.27. The van der Waals surface area contributed by atoms with Crippen LogP contribution in [0.25, 0.3) is 0 Å². The Morgan fingerprint density at radius 1 is 1.30 bits per heavy atom. The highest BCUT2D eigenvalue weighted by Gasteiger charge is 2.42. The van der Waals surface area contributed by atoms with Gasteiger partial charge in [0.2, 0.25) is 11.8 Å². The quantitative estimate of drug-likeness (QED) is 0.729. The van der Waals surface area contributed by atoms with Crippen molar-refractivity contribution in [2.75, 3.05) is 29.9 Å². The standard InChI is InChI=1S/C20H20N4O5S/c1-2-29-19(28)13-11-30-20(21-13)22-16(25)10-24-14-7-4-3-6-12(14)17(26)23-9-5-8-15(23)18(24)27/h3-4,6-7,11,15H,2,5,8-10H2,1H3,(H,21,22,25)/t15-/m0/s1. The van der Waals surface area contributed by atoms with Gasteiger partial charge in [-0.25, -0.2) is 9.78 Å². The predicted molar refractivity (Wildman–Crippen MR) is 110 cm³/mol. The number of carbonyl (C=O) groups excluding carboxylic acids is 4. The lowest BCUT2D eigenvalue weighted by Crippen LogP contribution is -2.47. The van der Waals surface area contributed by atoms with Crippen LogP contribution in [0.1, 0.15) is 40.6 Å². The molecule has 0 aliphatic carbocycles. The molecule has 2 aliphatic heterocycles. The Morgan fingerprint density at radius 3 is 2.90 bits per heavy atom. The van der Waals surface area contributed by atoms with E-state index in [1.807, 2.05) is 0 Å². The largest absolute Gasteiger partial charge is 0.461 e. The molecule has 2 aromatic rings. The van der Waals surface area contributed by atoms with E-state index in [0.29, 0.717) is 24.2 Å². The second kappa shape index (κ2) is 8.23. The van der Waals surface area contributed by atoms with Crippen molar-refractivity contribution >= 4 is 45.8 Å². The number of esters is 1. The lowest BCUT2D eigenvalue weighted by molar-refractivity contribution is -0.124. The van der Waals surface area contributed by atoms with Gasteiger partial charge < -0.3 is 19.9 Å². The molecule has 0 unspecified atom stereocenters. The van der Waals surface area contributed by atoms with Crippen molar-refractivity contribution in [3.05, 3.63) is 40.9 Å². The van der Waals surface area contributed by atoms with Gasteiger partial charge >= 0.3 is 5.97 Å². The van der Waals surface area contributed by atoms with Crippen molar-refractivity contribution in [3.8, 4) is 0 Å². The minimum atomic E-state index is -0.564. The molecule has 30 heavy (non-hydrogen) atoms. The van der Waals surface area contributed by atoms with Crippen molar-refractivity contribution < 1.29 is 23.9 Å². The first-order chi connectivity index (χ1) is 14.5. The van der Waals surface area contributed by atoms with Gasteiger partial charge in [-0.2, -0.15) is 0 Å². The summed E-state index contributed by atoms with van der Waals surface area (Å²) in [6.45, 7) is 2.19. The molecule has 0 spiro atoms. The van der Waals surface area contributed by atoms with Gasteiger partial charge in [-0.3, -0.25) is 14.4 Å². The Labute approximate surface area is 176 Å². The van der Waals surface area contributed by atoms with E-state index in [1.165, 1.54) is 10.3 Å². The number of carbonyl (C=O) groups is 4. The third kappa shape index (κ3) is 3.65. The smallest absolute Gasteiger partial charge is 0.357 e. The van der Waals surface area contributed by atoms with E-state index >= 15 is 0 Å². The molecule has 3 amide bonds. The molecule has 1 aromatic carbocycles. The first-order valence-corrected chi connectivity index (χ1v) is 10.5. The van der Waals surface area contributed by atoms with Gasteiger partial charge in [-0.15, -0.1) is 11.3 Å². The van der Waals surface area contributed by atoms with Crippen molar-refractivity contribution in [2.45, 2.75) is 25.8 Å². The number of benzene rings is 1. The van der Waals surface area contributed by atoms with E-state index < -0.39 is 17.9 Å². The fourth-order valence-corrected chi connectivity index (χ4v) is 4.40. The van der Waals surface area contributed by atoms with E-state index in [2.05, 4.69) is 10.3 Å². The molecule has 2 aliphatic rings. The first-order valence-electron chi connectivity index (χ1n) is 9.63. The number of hydrogen-bond donors (Lipinski definition) is 1. The molecule has 1 aromatic heterocycles. The summed E-state index contributed by atoms with van der Waals surface area (Å²) in [7, 11) is 0. The Bertz CT molecular complexity index is 1020. The second-order valence-corrected chi connectivity index (χ2v) is 7.76. The van der Waals surface area contributed by atoms with Crippen LogP contribution in [0.4, 0.5) is 10.8 Å². The summed E-state index contributed by atoms with van der Waals surface area (Å²) in [5.41, 5.74) is 0.936. The lowest BCUT2D eigenvalue weighted by Gasteiger charge is -2.25. The summed E-state index contributed by atoms with van der Waals surface area (Å²) in [4.78, 5) is 57.5. The third-order valence-electron chi connectivity index (χ3n) is 5.03. The average molecular weight is 428 g/mol. The van der Waals surface area contributed by atoms with Gasteiger partial charge in [0.15, 0.2) is 10.8 Å². The molecule has 0 radical (unpaired) electrons. The van der Waals surface area contributed by atoms with Crippen LogP contribution in [0, 0.1) is 0 Å². The number of aromatic nitrogens is 1. The molecule has 0 bridgehead atoms. The lowest BCUT2D eigenvalue weighted by atomic mass is 10.1. The summed E-state index contributed by atoms with van der Waals surface area (Å²) in [6.07, 6.45) is 1.33. The fraction of sp³-hybridized carbons (Fsp3) is 0.350. The number of rotatable bonds is 5. The number of para-hydroxylation sites is 1. The van der Waals surface area contributed by atoms with Crippen molar-refractivity contribution in [3.63, 3.8) is 0 Å².